The summed E-state index contributed by atoms with van der Waals surface area (Å²) in [4.78, 5) is 6.82. The van der Waals surface area contributed by atoms with Gasteiger partial charge < -0.3 is 10.2 Å². The van der Waals surface area contributed by atoms with Crippen LogP contribution < -0.4 is 5.32 Å². The lowest BCUT2D eigenvalue weighted by molar-refractivity contribution is 0.366. The Morgan fingerprint density at radius 2 is 2.00 bits per heavy atom. The van der Waals surface area contributed by atoms with Crippen molar-refractivity contribution in [2.45, 2.75) is 13.8 Å². The maximum absolute atomic E-state index is 4.54. The number of benzene rings is 1. The molecule has 4 nitrogen and oxygen atoms in total. The lowest BCUT2D eigenvalue weighted by Gasteiger charge is -2.15. The van der Waals surface area contributed by atoms with E-state index in [1.54, 1.807) is 0 Å². The van der Waals surface area contributed by atoms with Gasteiger partial charge in [0.15, 0.2) is 0 Å². The van der Waals surface area contributed by atoms with Gasteiger partial charge in [-0.05, 0) is 32.6 Å². The molecule has 0 saturated carbocycles. The van der Waals surface area contributed by atoms with E-state index in [0.29, 0.717) is 0 Å². The maximum atomic E-state index is 4.54. The highest BCUT2D eigenvalue weighted by atomic mass is 15.2. The molecule has 1 N–H and O–H groups in total. The van der Waals surface area contributed by atoms with Gasteiger partial charge in [0.1, 0.15) is 0 Å². The number of imidazole rings is 1. The highest BCUT2D eigenvalue weighted by Crippen LogP contribution is 2.15. The average Bonchev–Trinajstić information content (AvgIpc) is 2.80. The molecule has 0 fully saturated rings. The number of aryl methyl sites for hydroxylation is 1. The van der Waals surface area contributed by atoms with E-state index in [1.165, 1.54) is 0 Å². The summed E-state index contributed by atoms with van der Waals surface area (Å²) in [5, 5.41) is 3.41. The summed E-state index contributed by atoms with van der Waals surface area (Å²) in [6, 6.07) is 10.3. The van der Waals surface area contributed by atoms with Gasteiger partial charge >= 0.3 is 0 Å². The van der Waals surface area contributed by atoms with E-state index < -0.39 is 0 Å². The smallest absolute Gasteiger partial charge is 0.207 e. The van der Waals surface area contributed by atoms with Gasteiger partial charge in [-0.25, -0.2) is 4.98 Å². The SMILES string of the molecule is CCN(C)CCNc1nc(C)cn1-c1ccccc1. The molecule has 0 saturated heterocycles. The molecule has 1 heterocycles. The van der Waals surface area contributed by atoms with Crippen molar-refractivity contribution >= 4 is 5.95 Å². The molecule has 4 heteroatoms. The van der Waals surface area contributed by atoms with Gasteiger partial charge in [-0.3, -0.25) is 4.57 Å². The van der Waals surface area contributed by atoms with E-state index in [9.17, 15) is 0 Å². The van der Waals surface area contributed by atoms with Gasteiger partial charge in [-0.2, -0.15) is 0 Å². The van der Waals surface area contributed by atoms with Gasteiger partial charge in [0.05, 0.1) is 5.69 Å². The number of nitrogens with one attached hydrogen (secondary N) is 1. The van der Waals surface area contributed by atoms with Crippen molar-refractivity contribution in [1.29, 1.82) is 0 Å². The van der Waals surface area contributed by atoms with Crippen LogP contribution in [0.5, 0.6) is 0 Å². The first-order chi connectivity index (χ1) is 9.20. The van der Waals surface area contributed by atoms with Crippen LogP contribution >= 0.6 is 0 Å². The number of hydrogen-bond acceptors (Lipinski definition) is 3. The Morgan fingerprint density at radius 1 is 1.26 bits per heavy atom. The van der Waals surface area contributed by atoms with Crippen molar-refractivity contribution in [1.82, 2.24) is 14.5 Å². The Morgan fingerprint density at radius 3 is 2.68 bits per heavy atom. The van der Waals surface area contributed by atoms with Crippen molar-refractivity contribution in [2.75, 3.05) is 32.0 Å². The largest absolute Gasteiger partial charge is 0.354 e. The van der Waals surface area contributed by atoms with E-state index in [1.807, 2.05) is 25.1 Å². The van der Waals surface area contributed by atoms with Crippen LogP contribution in [0.1, 0.15) is 12.6 Å². The zero-order valence-corrected chi connectivity index (χ0v) is 11.9. The van der Waals surface area contributed by atoms with Crippen molar-refractivity contribution < 1.29 is 0 Å². The molecule has 2 rings (SSSR count). The van der Waals surface area contributed by atoms with E-state index in [-0.39, 0.29) is 0 Å². The molecule has 0 aliphatic carbocycles. The number of hydrogen-bond donors (Lipinski definition) is 1. The minimum Gasteiger partial charge on any atom is -0.354 e. The third-order valence-electron chi connectivity index (χ3n) is 3.18. The molecule has 2 aromatic rings. The van der Waals surface area contributed by atoms with Gasteiger partial charge in [-0.15, -0.1) is 0 Å². The Balaban J connectivity index is 2.09. The lowest BCUT2D eigenvalue weighted by atomic mass is 10.3. The first kappa shape index (κ1) is 13.6. The number of nitrogens with zero attached hydrogens (tertiary/aromatic N) is 3. The molecule has 0 spiro atoms. The predicted octanol–water partition coefficient (Wildman–Crippen LogP) is 2.54. The fourth-order valence-corrected chi connectivity index (χ4v) is 1.92. The highest BCUT2D eigenvalue weighted by molar-refractivity contribution is 5.42. The monoisotopic (exact) mass is 258 g/mol. The van der Waals surface area contributed by atoms with Gasteiger partial charge in [-0.1, -0.05) is 25.1 Å². The van der Waals surface area contributed by atoms with Crippen LogP contribution in [0.4, 0.5) is 5.95 Å². The fraction of sp³-hybridized carbons (Fsp3) is 0.400. The Labute approximate surface area is 115 Å². The van der Waals surface area contributed by atoms with Crippen LogP contribution in [-0.2, 0) is 0 Å². The van der Waals surface area contributed by atoms with Crippen molar-refractivity contribution in [3.05, 3.63) is 42.2 Å². The number of aromatic nitrogens is 2. The van der Waals surface area contributed by atoms with E-state index in [4.69, 9.17) is 0 Å². The van der Waals surface area contributed by atoms with Crippen LogP contribution in [0.3, 0.4) is 0 Å². The molecule has 0 radical (unpaired) electrons. The maximum Gasteiger partial charge on any atom is 0.207 e. The third kappa shape index (κ3) is 3.58. The second-order valence-corrected chi connectivity index (χ2v) is 4.73. The summed E-state index contributed by atoms with van der Waals surface area (Å²) < 4.78 is 2.10. The summed E-state index contributed by atoms with van der Waals surface area (Å²) in [6.07, 6.45) is 2.06. The predicted molar refractivity (Wildman–Crippen MR) is 80.0 cm³/mol. The minimum atomic E-state index is 0.896. The molecule has 0 aliphatic heterocycles. The van der Waals surface area contributed by atoms with Crippen LogP contribution in [-0.4, -0.2) is 41.1 Å². The molecular weight excluding hydrogens is 236 g/mol. The molecule has 0 unspecified atom stereocenters. The first-order valence-electron chi connectivity index (χ1n) is 6.74. The standard InChI is InChI=1S/C15H22N4/c1-4-18(3)11-10-16-15-17-13(2)12-19(15)14-8-6-5-7-9-14/h5-9,12H,4,10-11H2,1-3H3,(H,16,17). The number of anilines is 1. The number of likely N-dealkylation sites (N-methyl/N-ethyl adjacent to an activating group) is 1. The summed E-state index contributed by atoms with van der Waals surface area (Å²) in [5.74, 6) is 0.910. The second-order valence-electron chi connectivity index (χ2n) is 4.73. The zero-order valence-electron chi connectivity index (χ0n) is 11.9. The lowest BCUT2D eigenvalue weighted by Crippen LogP contribution is -2.25. The van der Waals surface area contributed by atoms with Gasteiger partial charge in [0.2, 0.25) is 5.95 Å². The zero-order chi connectivity index (χ0) is 13.7. The number of rotatable bonds is 6. The molecular formula is C15H22N4. The van der Waals surface area contributed by atoms with Crippen LogP contribution in [0, 0.1) is 6.92 Å². The Hall–Kier alpha value is -1.81. The number of para-hydroxylation sites is 1. The van der Waals surface area contributed by atoms with Crippen LogP contribution in [0.25, 0.3) is 5.69 Å². The molecule has 0 atom stereocenters. The molecule has 0 aliphatic rings. The molecule has 19 heavy (non-hydrogen) atoms. The summed E-state index contributed by atoms with van der Waals surface area (Å²) in [6.45, 7) is 7.15. The molecule has 1 aromatic carbocycles. The highest BCUT2D eigenvalue weighted by Gasteiger charge is 2.06. The van der Waals surface area contributed by atoms with E-state index >= 15 is 0 Å². The molecule has 0 bridgehead atoms. The normalized spacial score (nSPS) is 10.9. The van der Waals surface area contributed by atoms with E-state index in [2.05, 4.69) is 52.1 Å². The topological polar surface area (TPSA) is 33.1 Å². The second kappa shape index (κ2) is 6.38. The van der Waals surface area contributed by atoms with Crippen LogP contribution in [0.15, 0.2) is 36.5 Å². The third-order valence-corrected chi connectivity index (χ3v) is 3.18. The summed E-state index contributed by atoms with van der Waals surface area (Å²) in [5.41, 5.74) is 2.16. The quantitative estimate of drug-likeness (QED) is 0.864. The minimum absolute atomic E-state index is 0.896. The van der Waals surface area contributed by atoms with Crippen molar-refractivity contribution in [3.63, 3.8) is 0 Å². The van der Waals surface area contributed by atoms with Crippen LogP contribution in [0.2, 0.25) is 0 Å². The van der Waals surface area contributed by atoms with E-state index in [0.717, 1.165) is 37.0 Å². The first-order valence-corrected chi connectivity index (χ1v) is 6.74. The molecule has 0 amide bonds. The van der Waals surface area contributed by atoms with Crippen molar-refractivity contribution in [3.8, 4) is 5.69 Å². The summed E-state index contributed by atoms with van der Waals surface area (Å²) in [7, 11) is 2.12. The van der Waals surface area contributed by atoms with Gasteiger partial charge in [0, 0.05) is 25.0 Å². The Kier molecular flexibility index (Phi) is 4.58. The van der Waals surface area contributed by atoms with Crippen molar-refractivity contribution in [2.24, 2.45) is 0 Å². The molecule has 102 valence electrons. The summed E-state index contributed by atoms with van der Waals surface area (Å²) >= 11 is 0. The average molecular weight is 258 g/mol. The van der Waals surface area contributed by atoms with Gasteiger partial charge in [0.25, 0.3) is 0 Å². The fourth-order valence-electron chi connectivity index (χ4n) is 1.92. The molecule has 1 aromatic heterocycles. The Bertz CT molecular complexity index is 504.